The summed E-state index contributed by atoms with van der Waals surface area (Å²) in [6.45, 7) is 5.61. The number of aryl methyl sites for hydroxylation is 3. The molecule has 0 aliphatic carbocycles. The van der Waals surface area contributed by atoms with Gasteiger partial charge in [0, 0.05) is 18.0 Å². The van der Waals surface area contributed by atoms with E-state index in [1.807, 2.05) is 38.3 Å². The summed E-state index contributed by atoms with van der Waals surface area (Å²) in [6.07, 6.45) is 0. The van der Waals surface area contributed by atoms with Gasteiger partial charge in [-0.05, 0) is 44.5 Å². The van der Waals surface area contributed by atoms with Gasteiger partial charge in [-0.1, -0.05) is 35.4 Å². The molecule has 0 saturated heterocycles. The van der Waals surface area contributed by atoms with E-state index >= 15 is 0 Å². The van der Waals surface area contributed by atoms with E-state index in [9.17, 15) is 13.2 Å². The van der Waals surface area contributed by atoms with Gasteiger partial charge in [-0.15, -0.1) is 11.3 Å². The van der Waals surface area contributed by atoms with Crippen molar-refractivity contribution in [2.45, 2.75) is 25.7 Å². The van der Waals surface area contributed by atoms with Crippen LogP contribution in [0.3, 0.4) is 0 Å². The first kappa shape index (κ1) is 21.2. The molecule has 0 bridgehead atoms. The van der Waals surface area contributed by atoms with Gasteiger partial charge in [0.1, 0.15) is 0 Å². The number of sulfonamides is 1. The molecule has 0 aliphatic rings. The summed E-state index contributed by atoms with van der Waals surface area (Å²) in [6, 6.07) is 12.7. The number of nitrogens with one attached hydrogen (secondary N) is 1. The molecule has 152 valence electrons. The van der Waals surface area contributed by atoms with Crippen molar-refractivity contribution >= 4 is 32.4 Å². The van der Waals surface area contributed by atoms with Crippen LogP contribution in [0.5, 0.6) is 0 Å². The molecule has 0 saturated carbocycles. The van der Waals surface area contributed by atoms with E-state index in [1.165, 1.54) is 30.5 Å². The van der Waals surface area contributed by atoms with Gasteiger partial charge in [-0.2, -0.15) is 4.31 Å². The molecule has 29 heavy (non-hydrogen) atoms. The Morgan fingerprint density at radius 1 is 1.07 bits per heavy atom. The number of hydrogen-bond donors (Lipinski definition) is 1. The van der Waals surface area contributed by atoms with E-state index in [2.05, 4.69) is 16.4 Å². The molecule has 2 aromatic carbocycles. The zero-order valence-electron chi connectivity index (χ0n) is 16.8. The predicted molar refractivity (Wildman–Crippen MR) is 117 cm³/mol. The fourth-order valence-corrected chi connectivity index (χ4v) is 4.66. The van der Waals surface area contributed by atoms with Gasteiger partial charge in [0.25, 0.3) is 0 Å². The quantitative estimate of drug-likeness (QED) is 0.642. The number of thiazole rings is 1. The fraction of sp³-hybridized carbons (Fsp3) is 0.238. The highest BCUT2D eigenvalue weighted by Gasteiger charge is 2.23. The summed E-state index contributed by atoms with van der Waals surface area (Å²) >= 11 is 1.31. The standard InChI is InChI=1S/C21H23N3O3S2/c1-14-6-9-17(10-7-14)29(26,27)24(4)12-20(25)23-21-22-19(13-28-21)18-11-15(2)5-8-16(18)3/h5-11,13H,12H2,1-4H3,(H,22,23,25). The molecule has 1 aromatic heterocycles. The van der Waals surface area contributed by atoms with Gasteiger partial charge in [-0.25, -0.2) is 13.4 Å². The Balaban J connectivity index is 1.69. The molecule has 3 rings (SSSR count). The van der Waals surface area contributed by atoms with Crippen LogP contribution in [-0.2, 0) is 14.8 Å². The molecule has 0 spiro atoms. The molecule has 1 amide bonds. The lowest BCUT2D eigenvalue weighted by Gasteiger charge is -2.16. The molecule has 0 atom stereocenters. The zero-order valence-corrected chi connectivity index (χ0v) is 18.4. The third kappa shape index (κ3) is 4.90. The van der Waals surface area contributed by atoms with E-state index < -0.39 is 15.9 Å². The van der Waals surface area contributed by atoms with E-state index in [0.29, 0.717) is 5.13 Å². The molecule has 0 aliphatic heterocycles. The second-order valence-corrected chi connectivity index (χ2v) is 9.88. The maximum Gasteiger partial charge on any atom is 0.243 e. The largest absolute Gasteiger partial charge is 0.301 e. The molecule has 8 heteroatoms. The number of carbonyl (C=O) groups excluding carboxylic acids is 1. The van der Waals surface area contributed by atoms with Crippen LogP contribution >= 0.6 is 11.3 Å². The van der Waals surface area contributed by atoms with Crippen molar-refractivity contribution in [1.29, 1.82) is 0 Å². The summed E-state index contributed by atoms with van der Waals surface area (Å²) in [7, 11) is -2.35. The number of aromatic nitrogens is 1. The summed E-state index contributed by atoms with van der Waals surface area (Å²) in [4.78, 5) is 17.0. The van der Waals surface area contributed by atoms with Crippen LogP contribution in [0.1, 0.15) is 16.7 Å². The van der Waals surface area contributed by atoms with Crippen molar-refractivity contribution in [2.75, 3.05) is 18.9 Å². The normalized spacial score (nSPS) is 11.6. The number of benzene rings is 2. The predicted octanol–water partition coefficient (Wildman–Crippen LogP) is 3.99. The average Bonchev–Trinajstić information content (AvgIpc) is 3.12. The minimum Gasteiger partial charge on any atom is -0.301 e. The lowest BCUT2D eigenvalue weighted by atomic mass is 10.0. The molecule has 1 heterocycles. The summed E-state index contributed by atoms with van der Waals surface area (Å²) in [5.74, 6) is -0.440. The molecular formula is C21H23N3O3S2. The van der Waals surface area contributed by atoms with Crippen LogP contribution in [0.4, 0.5) is 5.13 Å². The van der Waals surface area contributed by atoms with Crippen molar-refractivity contribution in [3.8, 4) is 11.3 Å². The SMILES string of the molecule is Cc1ccc(S(=O)(=O)N(C)CC(=O)Nc2nc(-c3cc(C)ccc3C)cs2)cc1. The third-order valence-electron chi connectivity index (χ3n) is 4.51. The third-order valence-corrected chi connectivity index (χ3v) is 7.09. The smallest absolute Gasteiger partial charge is 0.243 e. The van der Waals surface area contributed by atoms with Gasteiger partial charge in [0.2, 0.25) is 15.9 Å². The highest BCUT2D eigenvalue weighted by Crippen LogP contribution is 2.28. The molecule has 0 unspecified atom stereocenters. The lowest BCUT2D eigenvalue weighted by molar-refractivity contribution is -0.116. The number of likely N-dealkylation sites (N-methyl/N-ethyl adjacent to an activating group) is 1. The average molecular weight is 430 g/mol. The number of anilines is 1. The maximum absolute atomic E-state index is 12.6. The van der Waals surface area contributed by atoms with Crippen molar-refractivity contribution in [3.05, 3.63) is 64.5 Å². The summed E-state index contributed by atoms with van der Waals surface area (Å²) < 4.78 is 26.3. The highest BCUT2D eigenvalue weighted by atomic mass is 32.2. The molecule has 0 fully saturated rings. The lowest BCUT2D eigenvalue weighted by Crippen LogP contribution is -2.34. The Hall–Kier alpha value is -2.55. The minimum absolute atomic E-state index is 0.157. The topological polar surface area (TPSA) is 79.4 Å². The van der Waals surface area contributed by atoms with E-state index in [-0.39, 0.29) is 11.4 Å². The molecule has 1 N–H and O–H groups in total. The summed E-state index contributed by atoms with van der Waals surface area (Å²) in [5, 5.41) is 5.01. The maximum atomic E-state index is 12.6. The van der Waals surface area contributed by atoms with Crippen LogP contribution in [0.15, 0.2) is 52.7 Å². The zero-order chi connectivity index (χ0) is 21.2. The second-order valence-electron chi connectivity index (χ2n) is 6.98. The van der Waals surface area contributed by atoms with Crippen LogP contribution in [0.2, 0.25) is 0 Å². The van der Waals surface area contributed by atoms with Crippen molar-refractivity contribution in [1.82, 2.24) is 9.29 Å². The minimum atomic E-state index is -3.74. The van der Waals surface area contributed by atoms with Crippen LogP contribution in [-0.4, -0.2) is 37.2 Å². The van der Waals surface area contributed by atoms with E-state index in [4.69, 9.17) is 0 Å². The van der Waals surface area contributed by atoms with Crippen molar-refractivity contribution in [3.63, 3.8) is 0 Å². The highest BCUT2D eigenvalue weighted by molar-refractivity contribution is 7.89. The first-order chi connectivity index (χ1) is 13.7. The Bertz CT molecular complexity index is 1140. The monoisotopic (exact) mass is 429 g/mol. The fourth-order valence-electron chi connectivity index (χ4n) is 2.80. The van der Waals surface area contributed by atoms with Crippen LogP contribution in [0, 0.1) is 20.8 Å². The number of hydrogen-bond acceptors (Lipinski definition) is 5. The van der Waals surface area contributed by atoms with Gasteiger partial charge in [0.15, 0.2) is 5.13 Å². The molecule has 6 nitrogen and oxygen atoms in total. The number of nitrogens with zero attached hydrogens (tertiary/aromatic N) is 2. The summed E-state index contributed by atoms with van der Waals surface area (Å²) in [5.41, 5.74) is 5.00. The van der Waals surface area contributed by atoms with Gasteiger partial charge >= 0.3 is 0 Å². The van der Waals surface area contributed by atoms with Crippen LogP contribution in [0.25, 0.3) is 11.3 Å². The van der Waals surface area contributed by atoms with Gasteiger partial charge in [-0.3, -0.25) is 4.79 Å². The molecular weight excluding hydrogens is 406 g/mol. The Labute approximate surface area is 175 Å². The van der Waals surface area contributed by atoms with Crippen molar-refractivity contribution < 1.29 is 13.2 Å². The van der Waals surface area contributed by atoms with E-state index in [1.54, 1.807) is 12.1 Å². The van der Waals surface area contributed by atoms with Gasteiger partial charge < -0.3 is 5.32 Å². The van der Waals surface area contributed by atoms with E-state index in [0.717, 1.165) is 32.3 Å². The first-order valence-electron chi connectivity index (χ1n) is 9.03. The second kappa shape index (κ2) is 8.44. The Morgan fingerprint density at radius 3 is 2.41 bits per heavy atom. The Morgan fingerprint density at radius 2 is 1.72 bits per heavy atom. The Kier molecular flexibility index (Phi) is 6.16. The molecule has 0 radical (unpaired) electrons. The number of amides is 1. The molecule has 3 aromatic rings. The van der Waals surface area contributed by atoms with Crippen LogP contribution < -0.4 is 5.32 Å². The van der Waals surface area contributed by atoms with Gasteiger partial charge in [0.05, 0.1) is 17.1 Å². The van der Waals surface area contributed by atoms with Crippen molar-refractivity contribution in [2.24, 2.45) is 0 Å². The number of carbonyl (C=O) groups is 1. The number of rotatable bonds is 6. The first-order valence-corrected chi connectivity index (χ1v) is 11.3.